The first-order chi connectivity index (χ1) is 9.21. The molecule has 0 atom stereocenters. The average molecular weight is 281 g/mol. The summed E-state index contributed by atoms with van der Waals surface area (Å²) < 4.78 is 7.04. The van der Waals surface area contributed by atoms with E-state index in [1.165, 1.54) is 0 Å². The molecule has 0 aliphatic rings. The van der Waals surface area contributed by atoms with E-state index in [4.69, 9.17) is 16.3 Å². The molecule has 0 bridgehead atoms. The van der Waals surface area contributed by atoms with Gasteiger partial charge in [0.15, 0.2) is 0 Å². The quantitative estimate of drug-likeness (QED) is 0.916. The van der Waals surface area contributed by atoms with Gasteiger partial charge in [-0.05, 0) is 37.6 Å². The Hall–Kier alpha value is -1.52. The van der Waals surface area contributed by atoms with Crippen LogP contribution in [0.4, 0.5) is 0 Å². The Labute approximate surface area is 117 Å². The Morgan fingerprint density at radius 2 is 1.95 bits per heavy atom. The molecule has 0 saturated carbocycles. The predicted octanol–water partition coefficient (Wildman–Crippen LogP) is 2.98. The van der Waals surface area contributed by atoms with E-state index in [0.29, 0.717) is 17.3 Å². The van der Waals surface area contributed by atoms with E-state index in [0.717, 1.165) is 23.6 Å². The highest BCUT2D eigenvalue weighted by atomic mass is 35.5. The van der Waals surface area contributed by atoms with Gasteiger partial charge >= 0.3 is 0 Å². The third kappa shape index (κ3) is 2.74. The summed E-state index contributed by atoms with van der Waals surface area (Å²) in [6.07, 6.45) is 0.736. The van der Waals surface area contributed by atoms with Crippen molar-refractivity contribution < 1.29 is 9.84 Å². The number of rotatable bonds is 5. The molecule has 2 rings (SSSR count). The lowest BCUT2D eigenvalue weighted by Gasteiger charge is -2.06. The van der Waals surface area contributed by atoms with Crippen molar-refractivity contribution in [3.8, 4) is 11.4 Å². The second-order valence-electron chi connectivity index (χ2n) is 4.07. The predicted molar refractivity (Wildman–Crippen MR) is 75.0 cm³/mol. The van der Waals surface area contributed by atoms with Gasteiger partial charge in [0.1, 0.15) is 10.9 Å². The monoisotopic (exact) mass is 280 g/mol. The van der Waals surface area contributed by atoms with Gasteiger partial charge in [-0.25, -0.2) is 4.68 Å². The maximum absolute atomic E-state index is 9.35. The van der Waals surface area contributed by atoms with Crippen molar-refractivity contribution in [2.24, 2.45) is 0 Å². The van der Waals surface area contributed by atoms with Crippen LogP contribution in [0.3, 0.4) is 0 Å². The van der Waals surface area contributed by atoms with E-state index in [-0.39, 0.29) is 6.61 Å². The minimum absolute atomic E-state index is 0.0982. The van der Waals surface area contributed by atoms with Gasteiger partial charge in [0.2, 0.25) is 0 Å². The van der Waals surface area contributed by atoms with Crippen LogP contribution in [0.5, 0.6) is 5.75 Å². The molecule has 0 aliphatic heterocycles. The molecular formula is C14H17ClN2O2. The number of ether oxygens (including phenoxy) is 1. The zero-order valence-electron chi connectivity index (χ0n) is 11.1. The summed E-state index contributed by atoms with van der Waals surface area (Å²) in [5.41, 5.74) is 2.36. The van der Waals surface area contributed by atoms with Crippen molar-refractivity contribution in [1.29, 1.82) is 0 Å². The minimum atomic E-state index is -0.0982. The molecule has 2 aromatic rings. The normalized spacial score (nSPS) is 10.7. The van der Waals surface area contributed by atoms with E-state index in [9.17, 15) is 5.11 Å². The zero-order valence-corrected chi connectivity index (χ0v) is 11.8. The largest absolute Gasteiger partial charge is 0.494 e. The maximum atomic E-state index is 9.35. The minimum Gasteiger partial charge on any atom is -0.494 e. The maximum Gasteiger partial charge on any atom is 0.138 e. The van der Waals surface area contributed by atoms with E-state index in [2.05, 4.69) is 5.10 Å². The van der Waals surface area contributed by atoms with Crippen molar-refractivity contribution in [1.82, 2.24) is 9.78 Å². The number of aryl methyl sites for hydroxylation is 1. The number of hydrogen-bond acceptors (Lipinski definition) is 3. The second-order valence-corrected chi connectivity index (χ2v) is 4.42. The summed E-state index contributed by atoms with van der Waals surface area (Å²) in [5, 5.41) is 14.2. The number of aliphatic hydroxyl groups is 1. The van der Waals surface area contributed by atoms with Crippen LogP contribution in [-0.4, -0.2) is 21.5 Å². The summed E-state index contributed by atoms with van der Waals surface area (Å²) in [7, 11) is 0. The van der Waals surface area contributed by atoms with Gasteiger partial charge in [0.25, 0.3) is 0 Å². The van der Waals surface area contributed by atoms with Gasteiger partial charge in [-0.3, -0.25) is 0 Å². The molecule has 0 spiro atoms. The fourth-order valence-corrected chi connectivity index (χ4v) is 2.24. The van der Waals surface area contributed by atoms with Crippen LogP contribution in [-0.2, 0) is 13.0 Å². The Morgan fingerprint density at radius 1 is 1.26 bits per heavy atom. The van der Waals surface area contributed by atoms with E-state index < -0.39 is 0 Å². The van der Waals surface area contributed by atoms with E-state index >= 15 is 0 Å². The van der Waals surface area contributed by atoms with Crippen LogP contribution < -0.4 is 4.74 Å². The third-order valence-corrected chi connectivity index (χ3v) is 3.28. The molecule has 0 unspecified atom stereocenters. The number of nitrogens with zero attached hydrogens (tertiary/aromatic N) is 2. The van der Waals surface area contributed by atoms with Crippen LogP contribution >= 0.6 is 11.6 Å². The number of aromatic nitrogens is 2. The zero-order chi connectivity index (χ0) is 13.8. The molecule has 0 fully saturated rings. The van der Waals surface area contributed by atoms with Crippen LogP contribution in [0.2, 0.25) is 5.15 Å². The topological polar surface area (TPSA) is 47.3 Å². The number of halogens is 1. The number of hydrogen-bond donors (Lipinski definition) is 1. The molecule has 1 N–H and O–H groups in total. The lowest BCUT2D eigenvalue weighted by atomic mass is 10.2. The third-order valence-electron chi connectivity index (χ3n) is 2.89. The molecule has 1 aromatic heterocycles. The first-order valence-electron chi connectivity index (χ1n) is 6.31. The van der Waals surface area contributed by atoms with Crippen LogP contribution in [0.1, 0.15) is 25.1 Å². The molecule has 102 valence electrons. The number of aliphatic hydroxyl groups excluding tert-OH is 1. The summed E-state index contributed by atoms with van der Waals surface area (Å²) in [6.45, 7) is 4.47. The molecule has 1 heterocycles. The van der Waals surface area contributed by atoms with Crippen molar-refractivity contribution in [2.45, 2.75) is 26.9 Å². The summed E-state index contributed by atoms with van der Waals surface area (Å²) in [4.78, 5) is 0. The van der Waals surface area contributed by atoms with Crippen molar-refractivity contribution >= 4 is 11.6 Å². The highest BCUT2D eigenvalue weighted by Crippen LogP contribution is 2.25. The highest BCUT2D eigenvalue weighted by molar-refractivity contribution is 6.30. The van der Waals surface area contributed by atoms with Gasteiger partial charge in [-0.15, -0.1) is 0 Å². The van der Waals surface area contributed by atoms with Gasteiger partial charge in [0.05, 0.1) is 24.6 Å². The molecule has 4 nitrogen and oxygen atoms in total. The molecule has 0 radical (unpaired) electrons. The lowest BCUT2D eigenvalue weighted by molar-refractivity contribution is 0.281. The summed E-state index contributed by atoms with van der Waals surface area (Å²) in [5.74, 6) is 0.813. The Morgan fingerprint density at radius 3 is 2.42 bits per heavy atom. The summed E-state index contributed by atoms with van der Waals surface area (Å²) in [6, 6.07) is 7.54. The lowest BCUT2D eigenvalue weighted by Crippen LogP contribution is -1.98. The molecule has 0 saturated heterocycles. The van der Waals surface area contributed by atoms with Crippen molar-refractivity contribution in [3.05, 3.63) is 40.7 Å². The van der Waals surface area contributed by atoms with Crippen molar-refractivity contribution in [2.75, 3.05) is 6.61 Å². The first kappa shape index (κ1) is 13.9. The van der Waals surface area contributed by atoms with E-state index in [1.807, 2.05) is 38.1 Å². The van der Waals surface area contributed by atoms with Gasteiger partial charge in [-0.1, -0.05) is 18.5 Å². The van der Waals surface area contributed by atoms with Crippen LogP contribution in [0.25, 0.3) is 5.69 Å². The molecular weight excluding hydrogens is 264 g/mol. The smallest absolute Gasteiger partial charge is 0.138 e. The van der Waals surface area contributed by atoms with Crippen molar-refractivity contribution in [3.63, 3.8) is 0 Å². The Bertz CT molecular complexity index is 549. The summed E-state index contributed by atoms with van der Waals surface area (Å²) >= 11 is 6.25. The Kier molecular flexibility index (Phi) is 4.45. The SMILES string of the molecule is CCOc1ccc(-n2nc(CC)c(CO)c2Cl)cc1. The first-order valence-corrected chi connectivity index (χ1v) is 6.69. The van der Waals surface area contributed by atoms with E-state index in [1.54, 1.807) is 4.68 Å². The molecule has 19 heavy (non-hydrogen) atoms. The second kappa shape index (κ2) is 6.08. The van der Waals surface area contributed by atoms with Gasteiger partial charge in [0, 0.05) is 5.56 Å². The van der Waals surface area contributed by atoms with Crippen LogP contribution in [0.15, 0.2) is 24.3 Å². The fraction of sp³-hybridized carbons (Fsp3) is 0.357. The fourth-order valence-electron chi connectivity index (χ4n) is 1.93. The molecule has 0 amide bonds. The van der Waals surface area contributed by atoms with Gasteiger partial charge < -0.3 is 9.84 Å². The van der Waals surface area contributed by atoms with Gasteiger partial charge in [-0.2, -0.15) is 5.10 Å². The average Bonchev–Trinajstić information content (AvgIpc) is 2.76. The van der Waals surface area contributed by atoms with Crippen LogP contribution in [0, 0.1) is 0 Å². The molecule has 1 aromatic carbocycles. The molecule has 5 heteroatoms. The highest BCUT2D eigenvalue weighted by Gasteiger charge is 2.15. The molecule has 0 aliphatic carbocycles. The number of benzene rings is 1. The standard InChI is InChI=1S/C14H17ClN2O2/c1-3-13-12(9-18)14(15)17(16-13)10-5-7-11(8-6-10)19-4-2/h5-8,18H,3-4,9H2,1-2H3. The Balaban J connectivity index is 2.38.